The Balaban J connectivity index is 1.49. The van der Waals surface area contributed by atoms with Gasteiger partial charge < -0.3 is 19.9 Å². The van der Waals surface area contributed by atoms with Crippen LogP contribution in [0.3, 0.4) is 0 Å². The van der Waals surface area contributed by atoms with Crippen molar-refractivity contribution in [3.63, 3.8) is 0 Å². The fraction of sp³-hybridized carbons (Fsp3) is 0.600. The second-order valence-corrected chi connectivity index (χ2v) is 8.62. The van der Waals surface area contributed by atoms with Gasteiger partial charge in [0.05, 0.1) is 6.33 Å². The Labute approximate surface area is 196 Å². The molecule has 3 aromatic heterocycles. The summed E-state index contributed by atoms with van der Waals surface area (Å²) in [7, 11) is 1.59. The monoisotopic (exact) mass is 496 g/mol. The van der Waals surface area contributed by atoms with Gasteiger partial charge in [0.15, 0.2) is 41.2 Å². The number of rotatable bonds is 5. The van der Waals surface area contributed by atoms with Crippen LogP contribution in [0.5, 0.6) is 0 Å². The summed E-state index contributed by atoms with van der Waals surface area (Å²) in [6.07, 6.45) is -4.44. The zero-order chi connectivity index (χ0) is 24.9. The average Bonchev–Trinajstić information content (AvgIpc) is 3.57. The minimum absolute atomic E-state index is 0.0332. The van der Waals surface area contributed by atoms with Gasteiger partial charge in [0, 0.05) is 13.1 Å². The van der Waals surface area contributed by atoms with Crippen molar-refractivity contribution in [1.29, 1.82) is 0 Å². The first-order chi connectivity index (χ1) is 16.6. The lowest BCUT2D eigenvalue weighted by molar-refractivity contribution is -0.210. The maximum absolute atomic E-state index is 12.9. The molecule has 1 saturated heterocycles. The molecule has 0 spiro atoms. The summed E-state index contributed by atoms with van der Waals surface area (Å²) in [6, 6.07) is 0.251. The van der Waals surface area contributed by atoms with E-state index in [9.17, 15) is 23.1 Å². The third kappa shape index (κ3) is 4.29. The van der Waals surface area contributed by atoms with Crippen molar-refractivity contribution >= 4 is 23.0 Å². The molecule has 0 aromatic carbocycles. The van der Waals surface area contributed by atoms with Crippen molar-refractivity contribution < 1.29 is 32.5 Å². The van der Waals surface area contributed by atoms with E-state index in [1.165, 1.54) is 21.9 Å². The molecule has 2 N–H and O–H groups in total. The predicted octanol–water partition coefficient (Wildman–Crippen LogP) is 1.72. The molecule has 1 aliphatic heterocycles. The van der Waals surface area contributed by atoms with E-state index in [-0.39, 0.29) is 17.5 Å². The lowest BCUT2D eigenvalue weighted by Gasteiger charge is -2.20. The van der Waals surface area contributed by atoms with E-state index in [2.05, 4.69) is 35.1 Å². The van der Waals surface area contributed by atoms with Crippen molar-refractivity contribution in [2.75, 3.05) is 5.32 Å². The van der Waals surface area contributed by atoms with E-state index < -0.39 is 36.7 Å². The van der Waals surface area contributed by atoms with E-state index in [0.29, 0.717) is 17.2 Å². The predicted molar refractivity (Wildman–Crippen MR) is 112 cm³/mol. The molecule has 3 aromatic rings. The van der Waals surface area contributed by atoms with Crippen LogP contribution >= 0.6 is 0 Å². The molecule has 5 rings (SSSR count). The highest BCUT2D eigenvalue weighted by Gasteiger charge is 2.53. The van der Waals surface area contributed by atoms with Crippen molar-refractivity contribution in [3.05, 3.63) is 24.3 Å². The molecule has 2 fully saturated rings. The zero-order valence-electron chi connectivity index (χ0n) is 18.8. The van der Waals surface area contributed by atoms with Crippen LogP contribution in [0, 0.1) is 6.92 Å². The maximum Gasteiger partial charge on any atom is 0.490 e. The van der Waals surface area contributed by atoms with E-state index >= 15 is 0 Å². The second-order valence-electron chi connectivity index (χ2n) is 8.62. The first kappa shape index (κ1) is 23.4. The van der Waals surface area contributed by atoms with Gasteiger partial charge in [-0.1, -0.05) is 12.8 Å². The largest absolute Gasteiger partial charge is 0.490 e. The molecule has 0 amide bonds. The number of imidazole rings is 1. The highest BCUT2D eigenvalue weighted by molar-refractivity contribution is 5.83. The maximum atomic E-state index is 12.9. The third-order valence-electron chi connectivity index (χ3n) is 6.27. The minimum atomic E-state index is -5.26. The Morgan fingerprint density at radius 2 is 2.00 bits per heavy atom. The van der Waals surface area contributed by atoms with Crippen LogP contribution in [0.15, 0.2) is 12.7 Å². The summed E-state index contributed by atoms with van der Waals surface area (Å²) >= 11 is 0. The molecule has 0 unspecified atom stereocenters. The molecular weight excluding hydrogens is 473 g/mol. The Morgan fingerprint density at radius 1 is 1.26 bits per heavy atom. The second kappa shape index (κ2) is 8.71. The number of alkyl halides is 3. The zero-order valence-corrected chi connectivity index (χ0v) is 18.8. The number of carbonyl (C=O) groups excluding carboxylic acids is 1. The fourth-order valence-corrected chi connectivity index (χ4v) is 4.42. The van der Waals surface area contributed by atoms with Gasteiger partial charge in [-0.05, 0) is 19.8 Å². The smallest absolute Gasteiger partial charge is 0.449 e. The van der Waals surface area contributed by atoms with Crippen LogP contribution in [0.25, 0.3) is 11.2 Å². The van der Waals surface area contributed by atoms with Crippen LogP contribution in [-0.4, -0.2) is 69.8 Å². The first-order valence-electron chi connectivity index (χ1n) is 11.1. The molecular formula is C20H23F3N8O4. The number of hydrogen-bond acceptors (Lipinski definition) is 10. The van der Waals surface area contributed by atoms with E-state index in [0.717, 1.165) is 25.7 Å². The standard InChI is InChI=1S/C20H23F3N8O4/c1-9-27-16(29-30(9)2)14-13(35-19(33)20(21,22)23)12(32)18(34-14)31-8-26-11-15(24-7-25-17(11)31)28-10-5-3-4-6-10/h7-8,10,12-14,18,32H,3-6H2,1-2H3,(H,24,25,28)/t12-,13+,14+,18-/m1/s1. The Morgan fingerprint density at radius 3 is 2.66 bits per heavy atom. The first-order valence-corrected chi connectivity index (χ1v) is 11.1. The molecule has 4 heterocycles. The molecule has 15 heteroatoms. The van der Waals surface area contributed by atoms with Gasteiger partial charge in [0.25, 0.3) is 0 Å². The number of anilines is 1. The molecule has 0 radical (unpaired) electrons. The number of aliphatic hydroxyl groups excluding tert-OH is 1. The lowest BCUT2D eigenvalue weighted by Crippen LogP contribution is -2.38. The summed E-state index contributed by atoms with van der Waals surface area (Å²) in [5, 5.41) is 18.4. The van der Waals surface area contributed by atoms with Gasteiger partial charge in [-0.15, -0.1) is 0 Å². The van der Waals surface area contributed by atoms with Gasteiger partial charge in [-0.25, -0.2) is 24.7 Å². The summed E-state index contributed by atoms with van der Waals surface area (Å²) < 4.78 is 52.1. The van der Waals surface area contributed by atoms with Crippen LogP contribution in [0.2, 0.25) is 0 Å². The summed E-state index contributed by atoms with van der Waals surface area (Å²) in [5.41, 5.74) is 0.700. The average molecular weight is 496 g/mol. The Hall–Kier alpha value is -3.33. The van der Waals surface area contributed by atoms with Crippen molar-refractivity contribution in [2.24, 2.45) is 7.05 Å². The number of aliphatic hydroxyl groups is 1. The number of carbonyl (C=O) groups is 1. The normalized spacial score (nSPS) is 25.4. The summed E-state index contributed by atoms with van der Waals surface area (Å²) in [6.45, 7) is 1.63. The highest BCUT2D eigenvalue weighted by Crippen LogP contribution is 2.41. The number of nitrogens with zero attached hydrogens (tertiary/aromatic N) is 7. The molecule has 1 aliphatic carbocycles. The fourth-order valence-electron chi connectivity index (χ4n) is 4.42. The number of hydrogen-bond donors (Lipinski definition) is 2. The molecule has 0 bridgehead atoms. The Bertz CT molecular complexity index is 1220. The van der Waals surface area contributed by atoms with Gasteiger partial charge >= 0.3 is 12.1 Å². The number of ether oxygens (including phenoxy) is 2. The van der Waals surface area contributed by atoms with Crippen LogP contribution in [0.1, 0.15) is 49.7 Å². The molecule has 188 valence electrons. The number of esters is 1. The highest BCUT2D eigenvalue weighted by atomic mass is 19.4. The van der Waals surface area contributed by atoms with E-state index in [1.807, 2.05) is 0 Å². The molecule has 4 atom stereocenters. The molecule has 12 nitrogen and oxygen atoms in total. The Kier molecular flexibility index (Phi) is 5.83. The SMILES string of the molecule is Cc1nc([C@H]2O[C@@H](n3cnc4c(NC5CCCC5)ncnc43)[C@H](O)[C@@H]2OC(=O)C(F)(F)F)nn1C. The number of nitrogens with one attached hydrogen (secondary N) is 1. The molecule has 2 aliphatic rings. The van der Waals surface area contributed by atoms with Crippen LogP contribution in [-0.2, 0) is 21.3 Å². The molecule has 1 saturated carbocycles. The third-order valence-corrected chi connectivity index (χ3v) is 6.27. The topological polar surface area (TPSA) is 142 Å². The van der Waals surface area contributed by atoms with E-state index in [4.69, 9.17) is 4.74 Å². The number of fused-ring (bicyclic) bond motifs is 1. The van der Waals surface area contributed by atoms with Gasteiger partial charge in [0.1, 0.15) is 18.3 Å². The van der Waals surface area contributed by atoms with Crippen molar-refractivity contribution in [2.45, 2.75) is 69.4 Å². The lowest BCUT2D eigenvalue weighted by atomic mass is 10.1. The number of aryl methyl sites for hydroxylation is 2. The van der Waals surface area contributed by atoms with Gasteiger partial charge in [-0.2, -0.15) is 18.3 Å². The summed E-state index contributed by atoms with van der Waals surface area (Å²) in [5.74, 6) is -1.53. The van der Waals surface area contributed by atoms with Gasteiger partial charge in [-0.3, -0.25) is 9.25 Å². The summed E-state index contributed by atoms with van der Waals surface area (Å²) in [4.78, 5) is 28.6. The quantitative estimate of drug-likeness (QED) is 0.502. The van der Waals surface area contributed by atoms with Crippen molar-refractivity contribution in [3.8, 4) is 0 Å². The van der Waals surface area contributed by atoms with Crippen LogP contribution < -0.4 is 5.32 Å². The van der Waals surface area contributed by atoms with Crippen LogP contribution in [0.4, 0.5) is 19.0 Å². The molecule has 35 heavy (non-hydrogen) atoms. The number of aromatic nitrogens is 7. The van der Waals surface area contributed by atoms with Gasteiger partial charge in [0.2, 0.25) is 0 Å². The minimum Gasteiger partial charge on any atom is -0.449 e. The van der Waals surface area contributed by atoms with E-state index in [1.54, 1.807) is 14.0 Å². The van der Waals surface area contributed by atoms with Crippen molar-refractivity contribution in [1.82, 2.24) is 34.3 Å². The number of halogens is 3.